The van der Waals surface area contributed by atoms with E-state index in [0.29, 0.717) is 11.5 Å². The number of anilines is 2. The molecule has 0 aliphatic heterocycles. The average Bonchev–Trinajstić information content (AvgIpc) is 2.67. The fourth-order valence-electron chi connectivity index (χ4n) is 1.89. The Labute approximate surface area is 124 Å². The fourth-order valence-corrected chi connectivity index (χ4v) is 3.02. The first kappa shape index (κ1) is 15.3. The summed E-state index contributed by atoms with van der Waals surface area (Å²) in [6, 6.07) is 8.40. The molecule has 0 aliphatic carbocycles. The van der Waals surface area contributed by atoms with Gasteiger partial charge in [0.1, 0.15) is 5.82 Å². The van der Waals surface area contributed by atoms with Crippen LogP contribution in [0.15, 0.2) is 30.3 Å². The van der Waals surface area contributed by atoms with E-state index in [1.54, 1.807) is 48.9 Å². The molecule has 0 unspecified atom stereocenters. The maximum atomic E-state index is 11.8. The van der Waals surface area contributed by atoms with Crippen LogP contribution in [-0.2, 0) is 10.2 Å². The molecule has 1 aromatic carbocycles. The van der Waals surface area contributed by atoms with Gasteiger partial charge in [-0.15, -0.1) is 0 Å². The van der Waals surface area contributed by atoms with Crippen molar-refractivity contribution in [3.8, 4) is 5.69 Å². The van der Waals surface area contributed by atoms with Crippen LogP contribution in [-0.4, -0.2) is 24.2 Å². The van der Waals surface area contributed by atoms with Gasteiger partial charge in [0.15, 0.2) is 0 Å². The van der Waals surface area contributed by atoms with Gasteiger partial charge in [-0.05, 0) is 45.0 Å². The predicted molar refractivity (Wildman–Crippen MR) is 83.5 cm³/mol. The smallest absolute Gasteiger partial charge is 0.299 e. The number of nitrogens with one attached hydrogen (secondary N) is 2. The van der Waals surface area contributed by atoms with Crippen molar-refractivity contribution in [2.45, 2.75) is 26.8 Å². The zero-order valence-electron chi connectivity index (χ0n) is 12.2. The normalized spacial score (nSPS) is 11.8. The Balaban J connectivity index is 2.18. The standard InChI is InChI=1S/C13H19N5O2S/c1-9(2)16-21(19,20)17-11-4-6-12(7-5-11)18-13(14)8-10(3)15-18/h4-9,16-17H,14H2,1-3H3. The summed E-state index contributed by atoms with van der Waals surface area (Å²) in [5, 5.41) is 4.26. The van der Waals surface area contributed by atoms with E-state index in [1.807, 2.05) is 6.92 Å². The first-order valence-corrected chi connectivity index (χ1v) is 7.98. The van der Waals surface area contributed by atoms with E-state index >= 15 is 0 Å². The van der Waals surface area contributed by atoms with Crippen LogP contribution in [0.25, 0.3) is 5.69 Å². The number of nitrogens with two attached hydrogens (primary N) is 1. The summed E-state index contributed by atoms with van der Waals surface area (Å²) in [6.45, 7) is 5.36. The molecule has 1 heterocycles. The maximum Gasteiger partial charge on any atom is 0.299 e. The molecule has 2 aromatic rings. The van der Waals surface area contributed by atoms with Crippen LogP contribution in [0.2, 0.25) is 0 Å². The largest absolute Gasteiger partial charge is 0.384 e. The molecule has 0 fully saturated rings. The summed E-state index contributed by atoms with van der Waals surface area (Å²) in [5.74, 6) is 0.530. The molecular weight excluding hydrogens is 290 g/mol. The first-order valence-electron chi connectivity index (χ1n) is 6.49. The molecule has 0 aliphatic rings. The number of benzene rings is 1. The Morgan fingerprint density at radius 2 is 1.86 bits per heavy atom. The maximum absolute atomic E-state index is 11.8. The number of hydrogen-bond acceptors (Lipinski definition) is 4. The lowest BCUT2D eigenvalue weighted by molar-refractivity contribution is 0.575. The summed E-state index contributed by atoms with van der Waals surface area (Å²) < 4.78 is 30.0. The van der Waals surface area contributed by atoms with Crippen molar-refractivity contribution in [1.29, 1.82) is 0 Å². The van der Waals surface area contributed by atoms with Gasteiger partial charge in [0.25, 0.3) is 10.2 Å². The Hall–Kier alpha value is -2.06. The van der Waals surface area contributed by atoms with Gasteiger partial charge in [-0.1, -0.05) is 0 Å². The highest BCUT2D eigenvalue weighted by molar-refractivity contribution is 7.90. The molecule has 0 atom stereocenters. The Morgan fingerprint density at radius 1 is 1.24 bits per heavy atom. The molecule has 0 bridgehead atoms. The third-order valence-corrected chi connectivity index (χ3v) is 3.90. The highest BCUT2D eigenvalue weighted by atomic mass is 32.2. The van der Waals surface area contributed by atoms with Crippen LogP contribution in [0.3, 0.4) is 0 Å². The van der Waals surface area contributed by atoms with Crippen LogP contribution >= 0.6 is 0 Å². The molecule has 0 saturated heterocycles. The zero-order chi connectivity index (χ0) is 15.6. The molecule has 114 valence electrons. The Bertz CT molecular complexity index is 720. The molecule has 4 N–H and O–H groups in total. The van der Waals surface area contributed by atoms with Gasteiger partial charge in [-0.25, -0.2) is 4.68 Å². The van der Waals surface area contributed by atoms with Gasteiger partial charge in [0.2, 0.25) is 0 Å². The molecule has 0 amide bonds. The van der Waals surface area contributed by atoms with E-state index in [-0.39, 0.29) is 6.04 Å². The topological polar surface area (TPSA) is 102 Å². The molecule has 2 rings (SSSR count). The van der Waals surface area contributed by atoms with Crippen molar-refractivity contribution in [3.05, 3.63) is 36.0 Å². The lowest BCUT2D eigenvalue weighted by atomic mass is 10.3. The molecule has 21 heavy (non-hydrogen) atoms. The summed E-state index contributed by atoms with van der Waals surface area (Å²) >= 11 is 0. The molecule has 1 aromatic heterocycles. The second-order valence-electron chi connectivity index (χ2n) is 5.05. The average molecular weight is 309 g/mol. The van der Waals surface area contributed by atoms with Gasteiger partial charge in [0.05, 0.1) is 11.4 Å². The molecule has 7 nitrogen and oxygen atoms in total. The number of hydrogen-bond donors (Lipinski definition) is 3. The highest BCUT2D eigenvalue weighted by Gasteiger charge is 2.11. The monoisotopic (exact) mass is 309 g/mol. The minimum Gasteiger partial charge on any atom is -0.384 e. The van der Waals surface area contributed by atoms with Crippen molar-refractivity contribution in [3.63, 3.8) is 0 Å². The fraction of sp³-hybridized carbons (Fsp3) is 0.308. The van der Waals surface area contributed by atoms with Crippen molar-refractivity contribution in [2.24, 2.45) is 0 Å². The lowest BCUT2D eigenvalue weighted by Crippen LogP contribution is -2.35. The Morgan fingerprint density at radius 3 is 2.33 bits per heavy atom. The second kappa shape index (κ2) is 5.74. The third-order valence-electron chi connectivity index (χ3n) is 2.61. The van der Waals surface area contributed by atoms with Gasteiger partial charge >= 0.3 is 0 Å². The van der Waals surface area contributed by atoms with Crippen LogP contribution in [0.4, 0.5) is 11.5 Å². The van der Waals surface area contributed by atoms with E-state index in [2.05, 4.69) is 14.5 Å². The van der Waals surface area contributed by atoms with Crippen LogP contribution < -0.4 is 15.2 Å². The zero-order valence-corrected chi connectivity index (χ0v) is 13.0. The number of nitrogens with zero attached hydrogens (tertiary/aromatic N) is 2. The van der Waals surface area contributed by atoms with E-state index in [1.165, 1.54) is 0 Å². The van der Waals surface area contributed by atoms with Crippen LogP contribution in [0, 0.1) is 6.92 Å². The molecular formula is C13H19N5O2S. The van der Waals surface area contributed by atoms with Gasteiger partial charge in [-0.3, -0.25) is 4.72 Å². The third kappa shape index (κ3) is 3.96. The van der Waals surface area contributed by atoms with Gasteiger partial charge in [-0.2, -0.15) is 18.2 Å². The molecule has 0 spiro atoms. The number of aryl methyl sites for hydroxylation is 1. The number of rotatable bonds is 5. The van der Waals surface area contributed by atoms with Gasteiger partial charge in [0, 0.05) is 17.8 Å². The van der Waals surface area contributed by atoms with E-state index in [4.69, 9.17) is 5.73 Å². The Kier molecular flexibility index (Phi) is 4.19. The predicted octanol–water partition coefficient (Wildman–Crippen LogP) is 1.42. The quantitative estimate of drug-likeness (QED) is 0.777. The number of nitrogen functional groups attached to an aromatic ring is 1. The van der Waals surface area contributed by atoms with Crippen molar-refractivity contribution < 1.29 is 8.42 Å². The summed E-state index contributed by atoms with van der Waals surface area (Å²) in [5.41, 5.74) is 7.90. The van der Waals surface area contributed by atoms with Crippen LogP contribution in [0.5, 0.6) is 0 Å². The summed E-state index contributed by atoms with van der Waals surface area (Å²) in [6.07, 6.45) is 0. The van der Waals surface area contributed by atoms with E-state index < -0.39 is 10.2 Å². The summed E-state index contributed by atoms with van der Waals surface area (Å²) in [4.78, 5) is 0. The second-order valence-corrected chi connectivity index (χ2v) is 6.49. The molecule has 0 radical (unpaired) electrons. The minimum atomic E-state index is -3.56. The van der Waals surface area contributed by atoms with Crippen molar-refractivity contribution >= 4 is 21.7 Å². The molecule has 8 heteroatoms. The van der Waals surface area contributed by atoms with Crippen molar-refractivity contribution in [2.75, 3.05) is 10.5 Å². The number of aromatic nitrogens is 2. The van der Waals surface area contributed by atoms with Gasteiger partial charge < -0.3 is 5.73 Å². The summed E-state index contributed by atoms with van der Waals surface area (Å²) in [7, 11) is -3.56. The van der Waals surface area contributed by atoms with E-state index in [9.17, 15) is 8.42 Å². The highest BCUT2D eigenvalue weighted by Crippen LogP contribution is 2.17. The SMILES string of the molecule is Cc1cc(N)n(-c2ccc(NS(=O)(=O)NC(C)C)cc2)n1. The molecule has 0 saturated carbocycles. The van der Waals surface area contributed by atoms with E-state index in [0.717, 1.165) is 11.4 Å². The lowest BCUT2D eigenvalue weighted by Gasteiger charge is -2.12. The minimum absolute atomic E-state index is 0.173. The van der Waals surface area contributed by atoms with Crippen LogP contribution in [0.1, 0.15) is 19.5 Å². The van der Waals surface area contributed by atoms with Crippen molar-refractivity contribution in [1.82, 2.24) is 14.5 Å². The first-order chi connectivity index (χ1) is 9.77.